The second-order valence-electron chi connectivity index (χ2n) is 1.99. The maximum atomic E-state index is 10.6. The molecule has 0 saturated carbocycles. The van der Waals surface area contributed by atoms with Gasteiger partial charge in [0.2, 0.25) is 5.88 Å². The Morgan fingerprint density at radius 2 is 2.18 bits per heavy atom. The highest BCUT2D eigenvalue weighted by molar-refractivity contribution is 5.88. The van der Waals surface area contributed by atoms with E-state index in [0.29, 0.717) is 0 Å². The number of nitrogens with zero attached hydrogens (tertiary/aromatic N) is 1. The monoisotopic (exact) mass is 158 g/mol. The fourth-order valence-corrected chi connectivity index (χ4v) is 0.749. The van der Waals surface area contributed by atoms with E-state index in [4.69, 9.17) is 10.2 Å². The van der Waals surface area contributed by atoms with Crippen LogP contribution in [0.15, 0.2) is 4.79 Å². The number of imidazole rings is 1. The fraction of sp³-hybridized carbons (Fsp3) is 0.200. The SMILES string of the molecule is Cn1c(C(=O)O)c(O)[nH]c1=O. The molecule has 0 atom stereocenters. The molecule has 60 valence electrons. The van der Waals surface area contributed by atoms with Crippen molar-refractivity contribution in [2.75, 3.05) is 0 Å². The molecule has 0 saturated heterocycles. The van der Waals surface area contributed by atoms with Crippen LogP contribution in [0.2, 0.25) is 0 Å². The molecule has 3 N–H and O–H groups in total. The van der Waals surface area contributed by atoms with Crippen LogP contribution in [0.5, 0.6) is 5.88 Å². The number of carbonyl (C=O) groups is 1. The molecule has 0 aliphatic rings. The standard InChI is InChI=1S/C5H6N2O4/c1-7-2(4(9)10)3(8)6-5(7)11/h8H,1H3,(H,6,11)(H,9,10). The largest absolute Gasteiger partial charge is 0.493 e. The van der Waals surface area contributed by atoms with E-state index in [-0.39, 0.29) is 0 Å². The lowest BCUT2D eigenvalue weighted by atomic mass is 10.4. The van der Waals surface area contributed by atoms with Crippen LogP contribution in [0.25, 0.3) is 0 Å². The minimum absolute atomic E-state index is 0.435. The van der Waals surface area contributed by atoms with Crippen molar-refractivity contribution in [2.24, 2.45) is 7.05 Å². The molecule has 6 nitrogen and oxygen atoms in total. The molecule has 0 unspecified atom stereocenters. The highest BCUT2D eigenvalue weighted by atomic mass is 16.4. The van der Waals surface area contributed by atoms with Crippen molar-refractivity contribution in [3.63, 3.8) is 0 Å². The summed E-state index contributed by atoms with van der Waals surface area (Å²) >= 11 is 0. The van der Waals surface area contributed by atoms with E-state index < -0.39 is 23.2 Å². The number of hydrogen-bond donors (Lipinski definition) is 3. The third-order valence-electron chi connectivity index (χ3n) is 1.29. The summed E-state index contributed by atoms with van der Waals surface area (Å²) in [5.41, 5.74) is -1.09. The first-order valence-corrected chi connectivity index (χ1v) is 2.75. The first kappa shape index (κ1) is 7.39. The van der Waals surface area contributed by atoms with Gasteiger partial charge in [-0.3, -0.25) is 9.55 Å². The van der Waals surface area contributed by atoms with Crippen molar-refractivity contribution in [3.05, 3.63) is 16.2 Å². The van der Waals surface area contributed by atoms with Gasteiger partial charge in [-0.1, -0.05) is 0 Å². The van der Waals surface area contributed by atoms with Crippen LogP contribution in [-0.4, -0.2) is 25.7 Å². The van der Waals surface area contributed by atoms with Crippen molar-refractivity contribution >= 4 is 5.97 Å². The molecule has 1 rings (SSSR count). The number of rotatable bonds is 1. The number of aromatic amines is 1. The summed E-state index contributed by atoms with van der Waals surface area (Å²) in [5, 5.41) is 17.2. The van der Waals surface area contributed by atoms with Crippen LogP contribution in [0.3, 0.4) is 0 Å². The van der Waals surface area contributed by atoms with Crippen molar-refractivity contribution in [3.8, 4) is 5.88 Å². The quantitative estimate of drug-likeness (QED) is 0.494. The van der Waals surface area contributed by atoms with E-state index in [1.54, 1.807) is 0 Å². The van der Waals surface area contributed by atoms with E-state index in [1.165, 1.54) is 7.05 Å². The predicted octanol–water partition coefficient (Wildman–Crippen LogP) is -0.883. The summed E-state index contributed by atoms with van der Waals surface area (Å²) in [6, 6.07) is 0. The highest BCUT2D eigenvalue weighted by Gasteiger charge is 2.16. The number of nitrogens with one attached hydrogen (secondary N) is 1. The number of H-pyrrole nitrogens is 1. The number of aromatic nitrogens is 2. The zero-order valence-electron chi connectivity index (χ0n) is 5.66. The molecular formula is C5H6N2O4. The van der Waals surface area contributed by atoms with Gasteiger partial charge in [-0.05, 0) is 0 Å². The Morgan fingerprint density at radius 3 is 2.36 bits per heavy atom. The van der Waals surface area contributed by atoms with Gasteiger partial charge in [0, 0.05) is 7.05 Å². The molecule has 0 spiro atoms. The number of aromatic hydroxyl groups is 1. The van der Waals surface area contributed by atoms with Gasteiger partial charge < -0.3 is 10.2 Å². The lowest BCUT2D eigenvalue weighted by molar-refractivity contribution is 0.0682. The predicted molar refractivity (Wildman–Crippen MR) is 34.7 cm³/mol. The second kappa shape index (κ2) is 2.15. The molecule has 1 heterocycles. The zero-order valence-corrected chi connectivity index (χ0v) is 5.66. The summed E-state index contributed by atoms with van der Waals surface area (Å²) in [4.78, 5) is 22.9. The molecular weight excluding hydrogens is 152 g/mol. The molecule has 0 aliphatic heterocycles. The maximum absolute atomic E-state index is 10.6. The third kappa shape index (κ3) is 0.977. The lowest BCUT2D eigenvalue weighted by Gasteiger charge is -1.92. The first-order valence-electron chi connectivity index (χ1n) is 2.75. The second-order valence-corrected chi connectivity index (χ2v) is 1.99. The molecule has 0 aliphatic carbocycles. The Morgan fingerprint density at radius 1 is 1.64 bits per heavy atom. The van der Waals surface area contributed by atoms with E-state index in [2.05, 4.69) is 0 Å². The van der Waals surface area contributed by atoms with Crippen molar-refractivity contribution in [1.82, 2.24) is 9.55 Å². The van der Waals surface area contributed by atoms with Crippen molar-refractivity contribution in [2.45, 2.75) is 0 Å². The summed E-state index contributed by atoms with van der Waals surface area (Å²) in [7, 11) is 1.25. The van der Waals surface area contributed by atoms with Crippen LogP contribution >= 0.6 is 0 Å². The van der Waals surface area contributed by atoms with Gasteiger partial charge in [0.05, 0.1) is 0 Å². The van der Waals surface area contributed by atoms with Gasteiger partial charge in [0.1, 0.15) is 0 Å². The van der Waals surface area contributed by atoms with Gasteiger partial charge in [0.15, 0.2) is 5.69 Å². The Balaban J connectivity index is 3.46. The van der Waals surface area contributed by atoms with E-state index in [0.717, 1.165) is 4.57 Å². The van der Waals surface area contributed by atoms with Crippen molar-refractivity contribution in [1.29, 1.82) is 0 Å². The van der Waals surface area contributed by atoms with Gasteiger partial charge in [-0.25, -0.2) is 9.59 Å². The molecule has 0 radical (unpaired) electrons. The summed E-state index contributed by atoms with van der Waals surface area (Å²) in [5.74, 6) is -1.96. The summed E-state index contributed by atoms with van der Waals surface area (Å²) in [6.07, 6.45) is 0. The topological polar surface area (TPSA) is 95.3 Å². The van der Waals surface area contributed by atoms with Crippen LogP contribution in [-0.2, 0) is 7.05 Å². The Kier molecular flexibility index (Phi) is 1.45. The molecule has 0 bridgehead atoms. The zero-order chi connectivity index (χ0) is 8.59. The Hall–Kier alpha value is -1.72. The average Bonchev–Trinajstić information content (AvgIpc) is 2.07. The molecule has 0 aromatic carbocycles. The number of aromatic carboxylic acids is 1. The van der Waals surface area contributed by atoms with Gasteiger partial charge in [-0.15, -0.1) is 0 Å². The molecule has 0 amide bonds. The third-order valence-corrected chi connectivity index (χ3v) is 1.29. The lowest BCUT2D eigenvalue weighted by Crippen LogP contribution is -2.16. The van der Waals surface area contributed by atoms with Crippen molar-refractivity contribution < 1.29 is 15.0 Å². The van der Waals surface area contributed by atoms with Crippen LogP contribution in [0, 0.1) is 0 Å². The molecule has 1 aromatic rings. The van der Waals surface area contributed by atoms with E-state index in [9.17, 15) is 9.59 Å². The molecule has 6 heteroatoms. The van der Waals surface area contributed by atoms with E-state index >= 15 is 0 Å². The number of hydrogen-bond acceptors (Lipinski definition) is 3. The van der Waals surface area contributed by atoms with Gasteiger partial charge in [0.25, 0.3) is 0 Å². The maximum Gasteiger partial charge on any atom is 0.358 e. The molecule has 1 aromatic heterocycles. The average molecular weight is 158 g/mol. The minimum Gasteiger partial charge on any atom is -0.493 e. The Bertz CT molecular complexity index is 348. The number of carboxylic acid groups (broad SMARTS) is 1. The van der Waals surface area contributed by atoms with Gasteiger partial charge >= 0.3 is 11.7 Å². The minimum atomic E-state index is -1.34. The highest BCUT2D eigenvalue weighted by Crippen LogP contribution is 2.08. The van der Waals surface area contributed by atoms with Gasteiger partial charge in [-0.2, -0.15) is 0 Å². The molecule has 0 fully saturated rings. The van der Waals surface area contributed by atoms with E-state index in [1.807, 2.05) is 4.98 Å². The van der Waals surface area contributed by atoms with Crippen LogP contribution < -0.4 is 5.69 Å². The number of carboxylic acids is 1. The molecule has 11 heavy (non-hydrogen) atoms. The summed E-state index contributed by atoms with van der Waals surface area (Å²) in [6.45, 7) is 0. The Labute approximate surface area is 60.7 Å². The smallest absolute Gasteiger partial charge is 0.358 e. The van der Waals surface area contributed by atoms with Crippen LogP contribution in [0.1, 0.15) is 10.5 Å². The normalized spacial score (nSPS) is 9.91. The summed E-state index contributed by atoms with van der Waals surface area (Å²) < 4.78 is 0.817. The first-order chi connectivity index (χ1) is 5.04. The van der Waals surface area contributed by atoms with Crippen LogP contribution in [0.4, 0.5) is 0 Å². The fourth-order valence-electron chi connectivity index (χ4n) is 0.749.